The van der Waals surface area contributed by atoms with Crippen molar-refractivity contribution in [2.75, 3.05) is 5.75 Å². The van der Waals surface area contributed by atoms with Crippen LogP contribution in [0.5, 0.6) is 0 Å². The summed E-state index contributed by atoms with van der Waals surface area (Å²) in [6, 6.07) is 6.40. The zero-order valence-corrected chi connectivity index (χ0v) is 12.1. The minimum atomic E-state index is -3.12. The first-order valence-electron chi connectivity index (χ1n) is 6.26. The molecule has 1 aromatic heterocycles. The quantitative estimate of drug-likeness (QED) is 0.626. The van der Waals surface area contributed by atoms with Gasteiger partial charge in [0.2, 0.25) is 0 Å². The van der Waals surface area contributed by atoms with Gasteiger partial charge < -0.3 is 4.57 Å². The number of aryl methyl sites for hydroxylation is 1. The fraction of sp³-hybridized carbons (Fsp3) is 0.385. The largest absolute Gasteiger partial charge is 0.346 e. The maximum Gasteiger partial charge on any atom is 0.271 e. The van der Waals surface area contributed by atoms with Crippen LogP contribution in [-0.4, -0.2) is 28.9 Å². The summed E-state index contributed by atoms with van der Waals surface area (Å²) >= 11 is 0. The van der Waals surface area contributed by atoms with Crippen molar-refractivity contribution >= 4 is 26.4 Å². The van der Waals surface area contributed by atoms with E-state index in [4.69, 9.17) is 0 Å². The molecule has 7 heteroatoms. The lowest BCUT2D eigenvalue weighted by molar-refractivity contribution is -0.384. The van der Waals surface area contributed by atoms with E-state index in [2.05, 4.69) is 0 Å². The molecule has 0 bridgehead atoms. The van der Waals surface area contributed by atoms with E-state index in [-0.39, 0.29) is 11.4 Å². The van der Waals surface area contributed by atoms with Crippen LogP contribution >= 0.6 is 0 Å². The molecule has 0 radical (unpaired) electrons. The highest BCUT2D eigenvalue weighted by Gasteiger charge is 2.16. The van der Waals surface area contributed by atoms with Gasteiger partial charge in [0.05, 0.1) is 21.4 Å². The van der Waals surface area contributed by atoms with E-state index in [1.54, 1.807) is 30.7 Å². The second-order valence-electron chi connectivity index (χ2n) is 4.93. The molecule has 2 aromatic rings. The number of nitro groups is 1. The second kappa shape index (κ2) is 5.24. The molecule has 0 aliphatic heterocycles. The number of hydrogen-bond acceptors (Lipinski definition) is 4. The lowest BCUT2D eigenvalue weighted by Crippen LogP contribution is -2.20. The molecule has 1 aromatic carbocycles. The SMILES string of the molecule is CC(C)S(=O)(=O)CCn1ccc2ccc([N+](=O)[O-])cc21. The molecule has 0 spiro atoms. The molecule has 0 aliphatic rings. The van der Waals surface area contributed by atoms with Crippen LogP contribution < -0.4 is 0 Å². The third-order valence-corrected chi connectivity index (χ3v) is 5.49. The molecule has 20 heavy (non-hydrogen) atoms. The molecule has 1 heterocycles. The molecule has 0 aliphatic carbocycles. The third-order valence-electron chi connectivity index (χ3n) is 3.30. The van der Waals surface area contributed by atoms with Crippen molar-refractivity contribution in [3.8, 4) is 0 Å². The summed E-state index contributed by atoms with van der Waals surface area (Å²) in [5.41, 5.74) is 0.683. The predicted molar refractivity (Wildman–Crippen MR) is 77.5 cm³/mol. The van der Waals surface area contributed by atoms with Crippen LogP contribution in [0.2, 0.25) is 0 Å². The van der Waals surface area contributed by atoms with Gasteiger partial charge in [-0.15, -0.1) is 0 Å². The molecule has 0 saturated heterocycles. The van der Waals surface area contributed by atoms with Gasteiger partial charge in [0.25, 0.3) is 5.69 Å². The minimum Gasteiger partial charge on any atom is -0.346 e. The molecule has 0 fully saturated rings. The van der Waals surface area contributed by atoms with Crippen LogP contribution in [0.3, 0.4) is 0 Å². The van der Waals surface area contributed by atoms with Gasteiger partial charge in [-0.1, -0.05) is 0 Å². The van der Waals surface area contributed by atoms with Crippen LogP contribution in [-0.2, 0) is 16.4 Å². The summed E-state index contributed by atoms with van der Waals surface area (Å²) in [4.78, 5) is 10.3. The summed E-state index contributed by atoms with van der Waals surface area (Å²) in [6.45, 7) is 3.59. The van der Waals surface area contributed by atoms with Crippen molar-refractivity contribution in [3.63, 3.8) is 0 Å². The zero-order valence-electron chi connectivity index (χ0n) is 11.3. The van der Waals surface area contributed by atoms with E-state index in [1.165, 1.54) is 12.1 Å². The second-order valence-corrected chi connectivity index (χ2v) is 7.60. The fourth-order valence-electron chi connectivity index (χ4n) is 1.94. The number of hydrogen-bond donors (Lipinski definition) is 0. The average molecular weight is 296 g/mol. The lowest BCUT2D eigenvalue weighted by atomic mass is 10.2. The number of rotatable bonds is 5. The molecule has 0 amide bonds. The van der Waals surface area contributed by atoms with Gasteiger partial charge in [0.15, 0.2) is 9.84 Å². The normalized spacial score (nSPS) is 12.2. The van der Waals surface area contributed by atoms with Crippen molar-refractivity contribution in [1.82, 2.24) is 4.57 Å². The van der Waals surface area contributed by atoms with Crippen LogP contribution in [0.1, 0.15) is 13.8 Å². The fourth-order valence-corrected chi connectivity index (χ4v) is 2.86. The van der Waals surface area contributed by atoms with Gasteiger partial charge >= 0.3 is 0 Å². The van der Waals surface area contributed by atoms with E-state index < -0.39 is 20.0 Å². The molecule has 0 saturated carbocycles. The molecule has 108 valence electrons. The van der Waals surface area contributed by atoms with E-state index in [9.17, 15) is 18.5 Å². The Labute approximate surface area is 117 Å². The highest BCUT2D eigenvalue weighted by atomic mass is 32.2. The Morgan fingerprint density at radius 3 is 2.60 bits per heavy atom. The van der Waals surface area contributed by atoms with Gasteiger partial charge in [-0.25, -0.2) is 8.42 Å². The van der Waals surface area contributed by atoms with Crippen molar-refractivity contribution in [1.29, 1.82) is 0 Å². The molecule has 0 atom stereocenters. The van der Waals surface area contributed by atoms with Gasteiger partial charge in [0.1, 0.15) is 0 Å². The van der Waals surface area contributed by atoms with Gasteiger partial charge in [-0.3, -0.25) is 10.1 Å². The van der Waals surface area contributed by atoms with Crippen molar-refractivity contribution in [2.24, 2.45) is 0 Å². The number of fused-ring (bicyclic) bond motifs is 1. The maximum absolute atomic E-state index is 11.8. The first-order chi connectivity index (χ1) is 9.31. The molecule has 6 nitrogen and oxygen atoms in total. The summed E-state index contributed by atoms with van der Waals surface area (Å²) in [5, 5.41) is 11.2. The molecule has 0 unspecified atom stereocenters. The Bertz CT molecular complexity index is 747. The Morgan fingerprint density at radius 1 is 1.30 bits per heavy atom. The summed E-state index contributed by atoms with van der Waals surface area (Å²) in [6.07, 6.45) is 1.75. The number of nitrogens with zero attached hydrogens (tertiary/aromatic N) is 2. The van der Waals surface area contributed by atoms with Crippen molar-refractivity contribution < 1.29 is 13.3 Å². The number of benzene rings is 1. The first-order valence-corrected chi connectivity index (χ1v) is 7.97. The average Bonchev–Trinajstić information content (AvgIpc) is 2.78. The van der Waals surface area contributed by atoms with E-state index in [0.29, 0.717) is 12.1 Å². The van der Waals surface area contributed by atoms with Crippen LogP contribution in [0.25, 0.3) is 10.9 Å². The molecular weight excluding hydrogens is 280 g/mol. The number of sulfone groups is 1. The number of non-ortho nitro benzene ring substituents is 1. The monoisotopic (exact) mass is 296 g/mol. The van der Waals surface area contributed by atoms with Crippen LogP contribution in [0, 0.1) is 10.1 Å². The summed E-state index contributed by atoms with van der Waals surface area (Å²) in [7, 11) is -3.12. The topological polar surface area (TPSA) is 82.2 Å². The molecule has 2 rings (SSSR count). The Balaban J connectivity index is 2.31. The highest BCUT2D eigenvalue weighted by Crippen LogP contribution is 2.22. The Morgan fingerprint density at radius 2 is 2.00 bits per heavy atom. The van der Waals surface area contributed by atoms with E-state index >= 15 is 0 Å². The number of nitro benzene ring substituents is 1. The van der Waals surface area contributed by atoms with E-state index in [0.717, 1.165) is 5.39 Å². The standard InChI is InChI=1S/C13H16N2O4S/c1-10(2)20(18,19)8-7-14-6-5-11-3-4-12(15(16)17)9-13(11)14/h3-6,9-10H,7-8H2,1-2H3. The predicted octanol–water partition coefficient (Wildman–Crippen LogP) is 2.37. The van der Waals surface area contributed by atoms with Gasteiger partial charge in [0, 0.05) is 30.3 Å². The number of aromatic nitrogens is 1. The lowest BCUT2D eigenvalue weighted by Gasteiger charge is -2.09. The maximum atomic E-state index is 11.8. The Kier molecular flexibility index (Phi) is 3.80. The third kappa shape index (κ3) is 2.82. The minimum absolute atomic E-state index is 0.00386. The summed E-state index contributed by atoms with van der Waals surface area (Å²) < 4.78 is 25.4. The van der Waals surface area contributed by atoms with Crippen LogP contribution in [0.15, 0.2) is 30.5 Å². The van der Waals surface area contributed by atoms with Crippen molar-refractivity contribution in [2.45, 2.75) is 25.6 Å². The Hall–Kier alpha value is -1.89. The summed E-state index contributed by atoms with van der Waals surface area (Å²) in [5.74, 6) is 0.0249. The zero-order chi connectivity index (χ0) is 14.9. The van der Waals surface area contributed by atoms with Crippen molar-refractivity contribution in [3.05, 3.63) is 40.6 Å². The van der Waals surface area contributed by atoms with Gasteiger partial charge in [-0.2, -0.15) is 0 Å². The highest BCUT2D eigenvalue weighted by molar-refractivity contribution is 7.91. The van der Waals surface area contributed by atoms with Gasteiger partial charge in [-0.05, 0) is 26.0 Å². The van der Waals surface area contributed by atoms with E-state index in [1.807, 2.05) is 6.07 Å². The first kappa shape index (κ1) is 14.5. The molecule has 0 N–H and O–H groups in total. The smallest absolute Gasteiger partial charge is 0.271 e. The molecular formula is C13H16N2O4S. The van der Waals surface area contributed by atoms with Crippen LogP contribution in [0.4, 0.5) is 5.69 Å².